The van der Waals surface area contributed by atoms with Gasteiger partial charge in [0.1, 0.15) is 0 Å². The van der Waals surface area contributed by atoms with Gasteiger partial charge in [-0.05, 0) is 12.5 Å². The molecule has 0 aliphatic rings. The van der Waals surface area contributed by atoms with Crippen LogP contribution >= 0.6 is 0 Å². The molecule has 0 spiro atoms. The summed E-state index contributed by atoms with van der Waals surface area (Å²) in [7, 11) is 0. The van der Waals surface area contributed by atoms with Gasteiger partial charge in [-0.2, -0.15) is 8.78 Å². The second-order valence-corrected chi connectivity index (χ2v) is 1.28. The lowest BCUT2D eigenvalue weighted by atomic mass is 10.3. The van der Waals surface area contributed by atoms with Gasteiger partial charge < -0.3 is 0 Å². The fourth-order valence-corrected chi connectivity index (χ4v) is 0.253. The van der Waals surface area contributed by atoms with Crippen molar-refractivity contribution in [2.75, 3.05) is 0 Å². The molecule has 0 heterocycles. The van der Waals surface area contributed by atoms with Crippen LogP contribution in [0.4, 0.5) is 8.78 Å². The van der Waals surface area contributed by atoms with Crippen LogP contribution in [-0.4, -0.2) is 0 Å². The maximum Gasteiger partial charge on any atom is 0.266 e. The maximum atomic E-state index is 11.1. The molecule has 0 aliphatic carbocycles. The van der Waals surface area contributed by atoms with Crippen LogP contribution in [-0.2, 0) is 0 Å². The van der Waals surface area contributed by atoms with E-state index in [2.05, 4.69) is 0 Å². The Morgan fingerprint density at radius 2 is 1.78 bits per heavy atom. The van der Waals surface area contributed by atoms with Crippen molar-refractivity contribution in [1.29, 1.82) is 0 Å². The van der Waals surface area contributed by atoms with Crippen LogP contribution < -0.4 is 0 Å². The third kappa shape index (κ3) is 18.4. The number of rotatable bonds is 2. The van der Waals surface area contributed by atoms with Crippen molar-refractivity contribution in [2.24, 2.45) is 0 Å². The zero-order chi connectivity index (χ0) is 7.70. The van der Waals surface area contributed by atoms with Gasteiger partial charge >= 0.3 is 0 Å². The molecular weight excluding hydrogens is 122 g/mol. The molecule has 0 aromatic heterocycles. The SMILES string of the molecule is CC.CCCC=C(F)F. The molecule has 9 heavy (non-hydrogen) atoms. The van der Waals surface area contributed by atoms with E-state index in [0.717, 1.165) is 12.5 Å². The second-order valence-electron chi connectivity index (χ2n) is 1.28. The van der Waals surface area contributed by atoms with Crippen LogP contribution in [0, 0.1) is 0 Å². The quantitative estimate of drug-likeness (QED) is 0.544. The Morgan fingerprint density at radius 1 is 1.33 bits per heavy atom. The van der Waals surface area contributed by atoms with E-state index in [4.69, 9.17) is 0 Å². The van der Waals surface area contributed by atoms with Crippen molar-refractivity contribution >= 4 is 0 Å². The Hall–Kier alpha value is -0.400. The highest BCUT2D eigenvalue weighted by atomic mass is 19.3. The van der Waals surface area contributed by atoms with Gasteiger partial charge in [0.2, 0.25) is 0 Å². The van der Waals surface area contributed by atoms with Crippen molar-refractivity contribution in [2.45, 2.75) is 33.6 Å². The molecule has 0 amide bonds. The zero-order valence-corrected chi connectivity index (χ0v) is 6.25. The minimum Gasteiger partial charge on any atom is -0.174 e. The molecule has 0 fully saturated rings. The first-order valence-electron chi connectivity index (χ1n) is 3.28. The molecule has 0 N–H and O–H groups in total. The van der Waals surface area contributed by atoms with E-state index >= 15 is 0 Å². The smallest absolute Gasteiger partial charge is 0.174 e. The zero-order valence-electron chi connectivity index (χ0n) is 6.25. The minimum absolute atomic E-state index is 0.488. The Labute approximate surface area is 55.6 Å². The molecule has 0 saturated heterocycles. The molecule has 0 aliphatic heterocycles. The summed E-state index contributed by atoms with van der Waals surface area (Å²) >= 11 is 0. The average Bonchev–Trinajstić information content (AvgIpc) is 1.88. The third-order valence-electron chi connectivity index (χ3n) is 0.587. The van der Waals surface area contributed by atoms with Gasteiger partial charge in [0.05, 0.1) is 0 Å². The minimum atomic E-state index is -1.57. The lowest BCUT2D eigenvalue weighted by Gasteiger charge is -1.78. The standard InChI is InChI=1S/C5H8F2.C2H6/c1-2-3-4-5(6)7;1-2/h4H,2-3H2,1H3;1-2H3. The van der Waals surface area contributed by atoms with Gasteiger partial charge in [0.15, 0.2) is 0 Å². The number of halogens is 2. The fraction of sp³-hybridized carbons (Fsp3) is 0.714. The van der Waals surface area contributed by atoms with Crippen molar-refractivity contribution in [1.82, 2.24) is 0 Å². The average molecular weight is 136 g/mol. The highest BCUT2D eigenvalue weighted by Gasteiger charge is 1.82. The highest BCUT2D eigenvalue weighted by molar-refractivity contribution is 4.78. The lowest BCUT2D eigenvalue weighted by Crippen LogP contribution is -1.60. The summed E-state index contributed by atoms with van der Waals surface area (Å²) in [6, 6.07) is 0. The number of hydrogen-bond donors (Lipinski definition) is 0. The summed E-state index contributed by atoms with van der Waals surface area (Å²) in [5.74, 6) is 0. The van der Waals surface area contributed by atoms with Crippen LogP contribution in [0.15, 0.2) is 12.2 Å². The molecule has 0 rings (SSSR count). The largest absolute Gasteiger partial charge is 0.266 e. The van der Waals surface area contributed by atoms with Gasteiger partial charge in [0.25, 0.3) is 6.08 Å². The fourth-order valence-electron chi connectivity index (χ4n) is 0.253. The summed E-state index contributed by atoms with van der Waals surface area (Å²) in [6.45, 7) is 5.86. The summed E-state index contributed by atoms with van der Waals surface area (Å²) in [6.07, 6.45) is 0.640. The molecule has 2 heteroatoms. The first-order valence-corrected chi connectivity index (χ1v) is 3.28. The summed E-state index contributed by atoms with van der Waals surface area (Å²) in [5.41, 5.74) is 0. The predicted octanol–water partition coefficient (Wildman–Crippen LogP) is 3.59. The molecule has 0 saturated carbocycles. The molecule has 0 radical (unpaired) electrons. The normalized spacial score (nSPS) is 7.22. The maximum absolute atomic E-state index is 11.1. The number of unbranched alkanes of at least 4 members (excludes halogenated alkanes) is 1. The summed E-state index contributed by atoms with van der Waals surface area (Å²) in [4.78, 5) is 0. The van der Waals surface area contributed by atoms with Gasteiger partial charge in [-0.25, -0.2) is 0 Å². The summed E-state index contributed by atoms with van der Waals surface area (Å²) < 4.78 is 22.2. The van der Waals surface area contributed by atoms with Crippen LogP contribution in [0.2, 0.25) is 0 Å². The van der Waals surface area contributed by atoms with Crippen LogP contribution in [0.3, 0.4) is 0 Å². The molecule has 0 aromatic carbocycles. The van der Waals surface area contributed by atoms with E-state index < -0.39 is 6.08 Å². The first-order chi connectivity index (χ1) is 4.27. The van der Waals surface area contributed by atoms with Crippen molar-refractivity contribution in [3.63, 3.8) is 0 Å². The van der Waals surface area contributed by atoms with Gasteiger partial charge in [0, 0.05) is 0 Å². The first kappa shape index (κ1) is 11.4. The Bertz CT molecular complexity index is 63.3. The van der Waals surface area contributed by atoms with Crippen LogP contribution in [0.25, 0.3) is 0 Å². The molecule has 56 valence electrons. The van der Waals surface area contributed by atoms with E-state index in [1.807, 2.05) is 20.8 Å². The van der Waals surface area contributed by atoms with E-state index in [-0.39, 0.29) is 0 Å². The summed E-state index contributed by atoms with van der Waals surface area (Å²) in [5, 5.41) is 0. The lowest BCUT2D eigenvalue weighted by molar-refractivity contribution is 0.417. The van der Waals surface area contributed by atoms with Crippen molar-refractivity contribution in [3.05, 3.63) is 12.2 Å². The molecule has 0 atom stereocenters. The Morgan fingerprint density at radius 3 is 1.89 bits per heavy atom. The van der Waals surface area contributed by atoms with Crippen molar-refractivity contribution in [3.8, 4) is 0 Å². The topological polar surface area (TPSA) is 0 Å². The molecule has 0 bridgehead atoms. The van der Waals surface area contributed by atoms with E-state index in [9.17, 15) is 8.78 Å². The van der Waals surface area contributed by atoms with E-state index in [1.54, 1.807) is 0 Å². The third-order valence-corrected chi connectivity index (χ3v) is 0.587. The highest BCUT2D eigenvalue weighted by Crippen LogP contribution is 1.99. The van der Waals surface area contributed by atoms with Crippen LogP contribution in [0.1, 0.15) is 33.6 Å². The Kier molecular flexibility index (Phi) is 13.4. The molecule has 0 aromatic rings. The monoisotopic (exact) mass is 136 g/mol. The number of hydrogen-bond acceptors (Lipinski definition) is 0. The molecular formula is C7H14F2. The van der Waals surface area contributed by atoms with E-state index in [1.165, 1.54) is 0 Å². The molecule has 0 nitrogen and oxygen atoms in total. The van der Waals surface area contributed by atoms with Crippen molar-refractivity contribution < 1.29 is 8.78 Å². The Balaban J connectivity index is 0. The van der Waals surface area contributed by atoms with E-state index in [0.29, 0.717) is 6.42 Å². The predicted molar refractivity (Wildman–Crippen MR) is 36.6 cm³/mol. The van der Waals surface area contributed by atoms with Gasteiger partial charge in [-0.15, -0.1) is 0 Å². The molecule has 0 unspecified atom stereocenters. The second kappa shape index (κ2) is 10.6. The van der Waals surface area contributed by atoms with Gasteiger partial charge in [-0.3, -0.25) is 0 Å². The van der Waals surface area contributed by atoms with Crippen LogP contribution in [0.5, 0.6) is 0 Å². The van der Waals surface area contributed by atoms with Gasteiger partial charge in [-0.1, -0.05) is 27.2 Å². The number of allylic oxidation sites excluding steroid dienone is 1.